The van der Waals surface area contributed by atoms with Crippen LogP contribution in [0.2, 0.25) is 0 Å². The quantitative estimate of drug-likeness (QED) is 0.218. The fraction of sp³-hybridized carbons (Fsp3) is 0.368. The molecule has 1 amide bonds. The number of nitrogens with one attached hydrogen (secondary N) is 3. The van der Waals surface area contributed by atoms with Crippen molar-refractivity contribution in [3.8, 4) is 11.5 Å². The third-order valence-electron chi connectivity index (χ3n) is 4.04. The van der Waals surface area contributed by atoms with Crippen molar-refractivity contribution in [3.05, 3.63) is 46.2 Å². The number of fused-ring (bicyclic) bond motifs is 1. The lowest BCUT2D eigenvalue weighted by molar-refractivity contribution is 0.0957. The molecule has 0 saturated heterocycles. The lowest BCUT2D eigenvalue weighted by atomic mass is 10.1. The van der Waals surface area contributed by atoms with Gasteiger partial charge in [0.2, 0.25) is 6.79 Å². The Morgan fingerprint density at radius 1 is 1.11 bits per heavy atom. The van der Waals surface area contributed by atoms with E-state index in [0.29, 0.717) is 13.3 Å². The van der Waals surface area contributed by atoms with E-state index in [1.54, 1.807) is 7.05 Å². The van der Waals surface area contributed by atoms with Crippen molar-refractivity contribution in [2.45, 2.75) is 12.8 Å². The summed E-state index contributed by atoms with van der Waals surface area (Å²) >= 11 is 1.45. The van der Waals surface area contributed by atoms with Crippen LogP contribution in [-0.4, -0.2) is 45.3 Å². The number of hydrogen-bond donors (Lipinski definition) is 3. The molecule has 3 N–H and O–H groups in total. The number of rotatable bonds is 8. The first-order chi connectivity index (χ1) is 13.3. The SMILES string of the molecule is CN=C(NCCCNC(=O)c1cccs1)NCCc1ccc2c(c1)OCO2.I. The number of hydrogen-bond acceptors (Lipinski definition) is 5. The van der Waals surface area contributed by atoms with Gasteiger partial charge in [-0.25, -0.2) is 0 Å². The van der Waals surface area contributed by atoms with Gasteiger partial charge in [0, 0.05) is 26.7 Å². The summed E-state index contributed by atoms with van der Waals surface area (Å²) in [5.74, 6) is 2.34. The molecule has 9 heteroatoms. The minimum atomic E-state index is -0.0174. The van der Waals surface area contributed by atoms with E-state index in [1.807, 2.05) is 35.7 Å². The van der Waals surface area contributed by atoms with Crippen molar-refractivity contribution >= 4 is 47.2 Å². The summed E-state index contributed by atoms with van der Waals surface area (Å²) in [7, 11) is 1.74. The predicted molar refractivity (Wildman–Crippen MR) is 122 cm³/mol. The van der Waals surface area contributed by atoms with E-state index < -0.39 is 0 Å². The zero-order chi connectivity index (χ0) is 18.9. The molecular formula is C19H25IN4O3S. The van der Waals surface area contributed by atoms with Gasteiger partial charge in [0.15, 0.2) is 17.5 Å². The first-order valence-electron chi connectivity index (χ1n) is 8.91. The largest absolute Gasteiger partial charge is 0.454 e. The van der Waals surface area contributed by atoms with Gasteiger partial charge < -0.3 is 25.4 Å². The summed E-state index contributed by atoms with van der Waals surface area (Å²) in [5, 5.41) is 11.3. The number of thiophene rings is 1. The van der Waals surface area contributed by atoms with Gasteiger partial charge in [-0.05, 0) is 42.0 Å². The molecule has 0 unspecified atom stereocenters. The van der Waals surface area contributed by atoms with E-state index in [0.717, 1.165) is 48.3 Å². The molecule has 152 valence electrons. The summed E-state index contributed by atoms with van der Waals surface area (Å²) in [5.41, 5.74) is 1.18. The van der Waals surface area contributed by atoms with Crippen LogP contribution in [0.5, 0.6) is 11.5 Å². The lowest BCUT2D eigenvalue weighted by Gasteiger charge is -2.12. The molecule has 28 heavy (non-hydrogen) atoms. The molecule has 1 aromatic heterocycles. The maximum absolute atomic E-state index is 11.8. The second-order valence-corrected chi connectivity index (χ2v) is 6.90. The highest BCUT2D eigenvalue weighted by Gasteiger charge is 2.13. The van der Waals surface area contributed by atoms with Crippen LogP contribution in [0.1, 0.15) is 21.7 Å². The highest BCUT2D eigenvalue weighted by molar-refractivity contribution is 14.0. The first-order valence-corrected chi connectivity index (χ1v) is 9.79. The second kappa shape index (κ2) is 11.7. The van der Waals surface area contributed by atoms with Crippen molar-refractivity contribution in [1.29, 1.82) is 0 Å². The number of amides is 1. The summed E-state index contributed by atoms with van der Waals surface area (Å²) < 4.78 is 10.7. The topological polar surface area (TPSA) is 84.0 Å². The molecule has 0 fully saturated rings. The fourth-order valence-electron chi connectivity index (χ4n) is 2.63. The monoisotopic (exact) mass is 516 g/mol. The van der Waals surface area contributed by atoms with Gasteiger partial charge in [0.1, 0.15) is 0 Å². The summed E-state index contributed by atoms with van der Waals surface area (Å²) in [6.45, 7) is 2.40. The van der Waals surface area contributed by atoms with Gasteiger partial charge in [-0.3, -0.25) is 9.79 Å². The average molecular weight is 516 g/mol. The van der Waals surface area contributed by atoms with Gasteiger partial charge in [0.25, 0.3) is 5.91 Å². The summed E-state index contributed by atoms with van der Waals surface area (Å²) in [6, 6.07) is 9.69. The number of ether oxygens (including phenoxy) is 2. The molecule has 3 rings (SSSR count). The molecule has 0 atom stereocenters. The van der Waals surface area contributed by atoms with Gasteiger partial charge >= 0.3 is 0 Å². The number of aliphatic imine (C=N–C) groups is 1. The summed E-state index contributed by atoms with van der Waals surface area (Å²) in [4.78, 5) is 16.8. The molecule has 1 aromatic carbocycles. The lowest BCUT2D eigenvalue weighted by Crippen LogP contribution is -2.39. The van der Waals surface area contributed by atoms with Gasteiger partial charge in [0.05, 0.1) is 4.88 Å². The van der Waals surface area contributed by atoms with Crippen molar-refractivity contribution in [2.24, 2.45) is 4.99 Å². The molecular weight excluding hydrogens is 491 g/mol. The standard InChI is InChI=1S/C19H24N4O3S.HI/c1-20-19(22-9-3-8-21-18(24)17-4-2-11-27-17)23-10-7-14-5-6-15-16(12-14)26-13-25-15;/h2,4-6,11-12H,3,7-10,13H2,1H3,(H,21,24)(H2,20,22,23);1H. The van der Waals surface area contributed by atoms with Crippen molar-refractivity contribution < 1.29 is 14.3 Å². The van der Waals surface area contributed by atoms with Crippen molar-refractivity contribution in [1.82, 2.24) is 16.0 Å². The maximum atomic E-state index is 11.8. The van der Waals surface area contributed by atoms with Gasteiger partial charge in [-0.2, -0.15) is 0 Å². The molecule has 0 bridgehead atoms. The van der Waals surface area contributed by atoms with Gasteiger partial charge in [-0.15, -0.1) is 35.3 Å². The van der Waals surface area contributed by atoms with Crippen molar-refractivity contribution in [3.63, 3.8) is 0 Å². The average Bonchev–Trinajstić information content (AvgIpc) is 3.37. The van der Waals surface area contributed by atoms with Crippen LogP contribution < -0.4 is 25.4 Å². The van der Waals surface area contributed by atoms with Crippen LogP contribution in [0, 0.1) is 0 Å². The van der Waals surface area contributed by atoms with Crippen molar-refractivity contribution in [2.75, 3.05) is 33.5 Å². The third kappa shape index (κ3) is 6.55. The Morgan fingerprint density at radius 2 is 1.89 bits per heavy atom. The number of halogens is 1. The van der Waals surface area contributed by atoms with E-state index in [4.69, 9.17) is 9.47 Å². The Balaban J connectivity index is 0.00000280. The zero-order valence-corrected chi connectivity index (χ0v) is 18.8. The van der Waals surface area contributed by atoms with Crippen LogP contribution in [0.15, 0.2) is 40.7 Å². The predicted octanol–water partition coefficient (Wildman–Crippen LogP) is 2.62. The smallest absolute Gasteiger partial charge is 0.261 e. The minimum absolute atomic E-state index is 0. The fourth-order valence-corrected chi connectivity index (χ4v) is 3.27. The highest BCUT2D eigenvalue weighted by Crippen LogP contribution is 2.32. The molecule has 0 aliphatic carbocycles. The van der Waals surface area contributed by atoms with Crippen LogP contribution >= 0.6 is 35.3 Å². The molecule has 1 aliphatic heterocycles. The molecule has 2 aromatic rings. The normalized spacial score (nSPS) is 12.2. The molecule has 2 heterocycles. The number of benzene rings is 1. The van der Waals surface area contributed by atoms with Crippen LogP contribution in [0.25, 0.3) is 0 Å². The van der Waals surface area contributed by atoms with Crippen LogP contribution in [-0.2, 0) is 6.42 Å². The van der Waals surface area contributed by atoms with E-state index in [1.165, 1.54) is 16.9 Å². The Bertz CT molecular complexity index is 783. The molecule has 0 radical (unpaired) electrons. The summed E-state index contributed by atoms with van der Waals surface area (Å²) in [6.07, 6.45) is 1.67. The zero-order valence-electron chi connectivity index (χ0n) is 15.7. The third-order valence-corrected chi connectivity index (χ3v) is 4.91. The maximum Gasteiger partial charge on any atom is 0.261 e. The molecule has 0 spiro atoms. The van der Waals surface area contributed by atoms with Gasteiger partial charge in [-0.1, -0.05) is 12.1 Å². The molecule has 1 aliphatic rings. The Labute approximate surface area is 185 Å². The Morgan fingerprint density at radius 3 is 2.68 bits per heavy atom. The number of nitrogens with zero attached hydrogens (tertiary/aromatic N) is 1. The first kappa shape index (κ1) is 22.3. The number of carbonyl (C=O) groups is 1. The number of guanidine groups is 1. The Hall–Kier alpha value is -2.01. The second-order valence-electron chi connectivity index (χ2n) is 5.95. The highest BCUT2D eigenvalue weighted by atomic mass is 127. The van der Waals surface area contributed by atoms with Crippen LogP contribution in [0.4, 0.5) is 0 Å². The molecule has 0 saturated carbocycles. The number of carbonyl (C=O) groups excluding carboxylic acids is 1. The van der Waals surface area contributed by atoms with E-state index in [9.17, 15) is 4.79 Å². The molecule has 7 nitrogen and oxygen atoms in total. The van der Waals surface area contributed by atoms with E-state index in [2.05, 4.69) is 20.9 Å². The van der Waals surface area contributed by atoms with E-state index >= 15 is 0 Å². The Kier molecular flexibility index (Phi) is 9.35. The van der Waals surface area contributed by atoms with Crippen LogP contribution in [0.3, 0.4) is 0 Å². The van der Waals surface area contributed by atoms with E-state index in [-0.39, 0.29) is 29.9 Å². The minimum Gasteiger partial charge on any atom is -0.454 e.